The molecule has 1 aromatic heterocycles. The summed E-state index contributed by atoms with van der Waals surface area (Å²) in [4.78, 5) is 4.55. The van der Waals surface area contributed by atoms with E-state index < -0.39 is 0 Å². The number of nitrogens with zero attached hydrogens (tertiary/aromatic N) is 2. The molecule has 0 aliphatic carbocycles. The molecular formula is C18H26N4O. The van der Waals surface area contributed by atoms with Crippen molar-refractivity contribution < 1.29 is 4.52 Å². The van der Waals surface area contributed by atoms with Gasteiger partial charge in [-0.15, -0.1) is 0 Å². The molecule has 0 radical (unpaired) electrons. The average Bonchev–Trinajstić information content (AvgIpc) is 3.03. The normalized spacial score (nSPS) is 11.7. The molecule has 0 saturated heterocycles. The Morgan fingerprint density at radius 1 is 1.22 bits per heavy atom. The van der Waals surface area contributed by atoms with Gasteiger partial charge in [0.2, 0.25) is 0 Å². The van der Waals surface area contributed by atoms with Crippen LogP contribution in [0.4, 0.5) is 0 Å². The first-order valence-electron chi connectivity index (χ1n) is 8.20. The second kappa shape index (κ2) is 8.98. The molecule has 0 spiro atoms. The van der Waals surface area contributed by atoms with Crippen molar-refractivity contribution >= 4 is 5.96 Å². The molecule has 0 aliphatic heterocycles. The van der Waals surface area contributed by atoms with Gasteiger partial charge >= 0.3 is 0 Å². The van der Waals surface area contributed by atoms with Crippen LogP contribution in [0.3, 0.4) is 0 Å². The zero-order valence-corrected chi connectivity index (χ0v) is 14.2. The van der Waals surface area contributed by atoms with Crippen molar-refractivity contribution in [3.63, 3.8) is 0 Å². The number of benzene rings is 1. The number of hydrogen-bond acceptors (Lipinski definition) is 3. The predicted octanol–water partition coefficient (Wildman–Crippen LogP) is 3.10. The summed E-state index contributed by atoms with van der Waals surface area (Å²) in [7, 11) is 0. The molecule has 0 unspecified atom stereocenters. The Bertz CT molecular complexity index is 604. The number of aliphatic imine (C=N–C) groups is 1. The van der Waals surface area contributed by atoms with Crippen molar-refractivity contribution in [2.24, 2.45) is 4.99 Å². The molecule has 0 aliphatic rings. The highest BCUT2D eigenvalue weighted by molar-refractivity contribution is 5.79. The summed E-state index contributed by atoms with van der Waals surface area (Å²) in [6.45, 7) is 8.40. The molecular weight excluding hydrogens is 288 g/mol. The average molecular weight is 314 g/mol. The molecule has 0 fully saturated rings. The standard InChI is InChI=1S/C18H26N4O/c1-4-19-18(20-11-10-15-8-6-5-7-9-15)21-13-16-12-17(14(2)3)22-23-16/h5-9,12,14H,4,10-11,13H2,1-3H3,(H2,19,20,21). The Morgan fingerprint density at radius 3 is 2.65 bits per heavy atom. The molecule has 5 heteroatoms. The van der Waals surface area contributed by atoms with Crippen molar-refractivity contribution in [1.29, 1.82) is 0 Å². The van der Waals surface area contributed by atoms with Crippen LogP contribution >= 0.6 is 0 Å². The highest BCUT2D eigenvalue weighted by Crippen LogP contribution is 2.14. The summed E-state index contributed by atoms with van der Waals surface area (Å²) in [5.74, 6) is 1.95. The van der Waals surface area contributed by atoms with Gasteiger partial charge in [-0.2, -0.15) is 0 Å². The summed E-state index contributed by atoms with van der Waals surface area (Å²) < 4.78 is 5.32. The van der Waals surface area contributed by atoms with Crippen LogP contribution in [0.1, 0.15) is 43.7 Å². The number of hydrogen-bond donors (Lipinski definition) is 2. The van der Waals surface area contributed by atoms with Gasteiger partial charge in [0.25, 0.3) is 0 Å². The molecule has 0 amide bonds. The minimum atomic E-state index is 0.369. The predicted molar refractivity (Wildman–Crippen MR) is 93.6 cm³/mol. The SMILES string of the molecule is CCNC(=NCc1cc(C(C)C)no1)NCCc1ccccc1. The zero-order valence-electron chi connectivity index (χ0n) is 14.2. The fraction of sp³-hybridized carbons (Fsp3) is 0.444. The van der Waals surface area contributed by atoms with Crippen LogP contribution in [0.2, 0.25) is 0 Å². The number of rotatable bonds is 7. The molecule has 124 valence electrons. The third-order valence-corrected chi connectivity index (χ3v) is 3.45. The van der Waals surface area contributed by atoms with Crippen molar-refractivity contribution in [2.45, 2.75) is 39.7 Å². The van der Waals surface area contributed by atoms with Gasteiger partial charge in [-0.1, -0.05) is 49.3 Å². The molecule has 2 aromatic rings. The quantitative estimate of drug-likeness (QED) is 0.609. The maximum absolute atomic E-state index is 5.32. The molecule has 0 saturated carbocycles. The van der Waals surface area contributed by atoms with Crippen LogP contribution in [-0.2, 0) is 13.0 Å². The van der Waals surface area contributed by atoms with Crippen molar-refractivity contribution in [2.75, 3.05) is 13.1 Å². The third-order valence-electron chi connectivity index (χ3n) is 3.45. The van der Waals surface area contributed by atoms with Gasteiger partial charge in [0.05, 0.1) is 5.69 Å². The van der Waals surface area contributed by atoms with Gasteiger partial charge in [0.1, 0.15) is 6.54 Å². The molecule has 1 aromatic carbocycles. The van der Waals surface area contributed by atoms with Crippen LogP contribution in [0.15, 0.2) is 45.9 Å². The molecule has 0 bridgehead atoms. The minimum Gasteiger partial charge on any atom is -0.359 e. The van der Waals surface area contributed by atoms with Gasteiger partial charge < -0.3 is 15.2 Å². The Morgan fingerprint density at radius 2 is 2.00 bits per heavy atom. The van der Waals surface area contributed by atoms with Crippen LogP contribution in [-0.4, -0.2) is 24.2 Å². The topological polar surface area (TPSA) is 62.5 Å². The van der Waals surface area contributed by atoms with Gasteiger partial charge in [-0.3, -0.25) is 0 Å². The molecule has 0 atom stereocenters. The Hall–Kier alpha value is -2.30. The third kappa shape index (κ3) is 5.77. The summed E-state index contributed by atoms with van der Waals surface area (Å²) in [6, 6.07) is 12.4. The van der Waals surface area contributed by atoms with Gasteiger partial charge in [-0.05, 0) is 24.8 Å². The highest BCUT2D eigenvalue weighted by Gasteiger charge is 2.07. The molecule has 2 N–H and O–H groups in total. The monoisotopic (exact) mass is 314 g/mol. The number of aromatic nitrogens is 1. The molecule has 2 rings (SSSR count). The van der Waals surface area contributed by atoms with E-state index in [0.29, 0.717) is 12.5 Å². The van der Waals surface area contributed by atoms with Gasteiger partial charge in [-0.25, -0.2) is 4.99 Å². The van der Waals surface area contributed by atoms with Crippen LogP contribution in [0.25, 0.3) is 0 Å². The zero-order chi connectivity index (χ0) is 16.5. The molecule has 5 nitrogen and oxygen atoms in total. The Kier molecular flexibility index (Phi) is 6.66. The van der Waals surface area contributed by atoms with E-state index in [9.17, 15) is 0 Å². The van der Waals surface area contributed by atoms with E-state index in [-0.39, 0.29) is 0 Å². The van der Waals surface area contributed by atoms with Crippen LogP contribution < -0.4 is 10.6 Å². The van der Waals surface area contributed by atoms with E-state index in [1.165, 1.54) is 5.56 Å². The minimum absolute atomic E-state index is 0.369. The lowest BCUT2D eigenvalue weighted by molar-refractivity contribution is 0.376. The van der Waals surface area contributed by atoms with Crippen molar-refractivity contribution in [1.82, 2.24) is 15.8 Å². The number of guanidine groups is 1. The maximum atomic E-state index is 5.32. The lowest BCUT2D eigenvalue weighted by Gasteiger charge is -2.10. The molecule has 1 heterocycles. The first-order chi connectivity index (χ1) is 11.2. The first kappa shape index (κ1) is 17.1. The van der Waals surface area contributed by atoms with E-state index in [1.807, 2.05) is 12.1 Å². The van der Waals surface area contributed by atoms with Gasteiger partial charge in [0, 0.05) is 19.2 Å². The van der Waals surface area contributed by atoms with Crippen LogP contribution in [0, 0.1) is 0 Å². The first-order valence-corrected chi connectivity index (χ1v) is 8.20. The van der Waals surface area contributed by atoms with Crippen LogP contribution in [0.5, 0.6) is 0 Å². The summed E-state index contributed by atoms with van der Waals surface area (Å²) in [6.07, 6.45) is 0.963. The van der Waals surface area contributed by atoms with E-state index in [0.717, 1.165) is 36.9 Å². The fourth-order valence-electron chi connectivity index (χ4n) is 2.14. The second-order valence-corrected chi connectivity index (χ2v) is 5.73. The van der Waals surface area contributed by atoms with Gasteiger partial charge in [0.15, 0.2) is 11.7 Å². The highest BCUT2D eigenvalue weighted by atomic mass is 16.5. The fourth-order valence-corrected chi connectivity index (χ4v) is 2.14. The Labute approximate surface area is 138 Å². The lowest BCUT2D eigenvalue weighted by Crippen LogP contribution is -2.38. The van der Waals surface area contributed by atoms with E-state index in [4.69, 9.17) is 4.52 Å². The van der Waals surface area contributed by atoms with Crippen molar-refractivity contribution in [3.8, 4) is 0 Å². The van der Waals surface area contributed by atoms with E-state index >= 15 is 0 Å². The number of nitrogens with one attached hydrogen (secondary N) is 2. The lowest BCUT2D eigenvalue weighted by atomic mass is 10.1. The summed E-state index contributed by atoms with van der Waals surface area (Å²) in [5, 5.41) is 10.6. The van der Waals surface area contributed by atoms with E-state index in [1.54, 1.807) is 0 Å². The Balaban J connectivity index is 1.86. The molecule has 23 heavy (non-hydrogen) atoms. The second-order valence-electron chi connectivity index (χ2n) is 5.73. The summed E-state index contributed by atoms with van der Waals surface area (Å²) in [5.41, 5.74) is 2.28. The maximum Gasteiger partial charge on any atom is 0.191 e. The largest absolute Gasteiger partial charge is 0.359 e. The summed E-state index contributed by atoms with van der Waals surface area (Å²) >= 11 is 0. The smallest absolute Gasteiger partial charge is 0.191 e. The van der Waals surface area contributed by atoms with E-state index in [2.05, 4.69) is 65.8 Å². The van der Waals surface area contributed by atoms with Crippen molar-refractivity contribution in [3.05, 3.63) is 53.4 Å².